The largest absolute Gasteiger partial charge is 0.312 e. The quantitative estimate of drug-likeness (QED) is 0.170. The maximum atomic E-state index is 2.63. The van der Waals surface area contributed by atoms with Crippen molar-refractivity contribution in [3.05, 3.63) is 170 Å². The lowest BCUT2D eigenvalue weighted by atomic mass is 9.36. The molecular formula is C46H34BN3SSi. The van der Waals surface area contributed by atoms with Crippen molar-refractivity contribution >= 4 is 113 Å². The second kappa shape index (κ2) is 11.1. The zero-order valence-electron chi connectivity index (χ0n) is 29.0. The van der Waals surface area contributed by atoms with Gasteiger partial charge in [-0.3, -0.25) is 0 Å². The van der Waals surface area contributed by atoms with Crippen LogP contribution in [0.25, 0.3) is 10.1 Å². The number of thiophene rings is 1. The van der Waals surface area contributed by atoms with E-state index in [0.29, 0.717) is 0 Å². The van der Waals surface area contributed by atoms with E-state index in [1.807, 2.05) is 11.3 Å². The van der Waals surface area contributed by atoms with Crippen molar-refractivity contribution in [3.63, 3.8) is 0 Å². The minimum absolute atomic E-state index is 0.106. The molecule has 52 heavy (non-hydrogen) atoms. The van der Waals surface area contributed by atoms with Crippen LogP contribution >= 0.6 is 11.3 Å². The molecule has 246 valence electrons. The minimum atomic E-state index is -2.04. The minimum Gasteiger partial charge on any atom is -0.312 e. The first-order chi connectivity index (χ1) is 25.6. The van der Waals surface area contributed by atoms with E-state index in [4.69, 9.17) is 0 Å². The highest BCUT2D eigenvalue weighted by molar-refractivity contribution is 7.33. The lowest BCUT2D eigenvalue weighted by Crippen LogP contribution is -2.67. The van der Waals surface area contributed by atoms with E-state index in [1.54, 1.807) is 0 Å². The van der Waals surface area contributed by atoms with E-state index in [0.717, 1.165) is 17.1 Å². The first-order valence-corrected chi connectivity index (χ1v) is 21.9. The first-order valence-electron chi connectivity index (χ1n) is 18.1. The molecule has 4 heterocycles. The van der Waals surface area contributed by atoms with E-state index < -0.39 is 8.07 Å². The van der Waals surface area contributed by atoms with Gasteiger partial charge < -0.3 is 14.7 Å². The summed E-state index contributed by atoms with van der Waals surface area (Å²) >= 11 is 1.96. The third-order valence-corrected chi connectivity index (χ3v) is 16.1. The van der Waals surface area contributed by atoms with Gasteiger partial charge in [0.1, 0.15) is 8.07 Å². The summed E-state index contributed by atoms with van der Waals surface area (Å²) < 4.78 is 2.74. The Hall–Kier alpha value is -5.82. The van der Waals surface area contributed by atoms with E-state index in [-0.39, 0.29) is 6.71 Å². The van der Waals surface area contributed by atoms with Gasteiger partial charge in [0.15, 0.2) is 0 Å². The predicted octanol–water partition coefficient (Wildman–Crippen LogP) is 9.59. The van der Waals surface area contributed by atoms with Crippen LogP contribution in [0.4, 0.5) is 51.2 Å². The van der Waals surface area contributed by atoms with Crippen LogP contribution in [0.5, 0.6) is 0 Å². The summed E-state index contributed by atoms with van der Waals surface area (Å²) in [7, 11) is -2.04. The number of anilines is 9. The van der Waals surface area contributed by atoms with Gasteiger partial charge in [0, 0.05) is 54.7 Å². The molecule has 8 aromatic rings. The number of hydrogen-bond acceptors (Lipinski definition) is 4. The molecule has 3 aliphatic rings. The Labute approximate surface area is 309 Å². The molecule has 6 heteroatoms. The Balaban J connectivity index is 1.31. The average molecular weight is 700 g/mol. The van der Waals surface area contributed by atoms with E-state index >= 15 is 0 Å². The van der Waals surface area contributed by atoms with Crippen LogP contribution in [0.1, 0.15) is 0 Å². The molecular weight excluding hydrogens is 665 g/mol. The fourth-order valence-corrected chi connectivity index (χ4v) is 13.5. The van der Waals surface area contributed by atoms with Crippen molar-refractivity contribution < 1.29 is 0 Å². The van der Waals surface area contributed by atoms with Crippen LogP contribution in [0, 0.1) is 0 Å². The summed E-state index contributed by atoms with van der Waals surface area (Å²) in [6.07, 6.45) is 0. The van der Waals surface area contributed by atoms with Crippen molar-refractivity contribution in [3.8, 4) is 0 Å². The number of fused-ring (bicyclic) bond motifs is 8. The molecule has 0 atom stereocenters. The smallest absolute Gasteiger partial charge is 0.264 e. The second-order valence-electron chi connectivity index (χ2n) is 14.5. The summed E-state index contributed by atoms with van der Waals surface area (Å²) in [5.74, 6) is 0. The number of nitrogens with zero attached hydrogens (tertiary/aromatic N) is 3. The van der Waals surface area contributed by atoms with Gasteiger partial charge in [-0.15, -0.1) is 11.3 Å². The molecule has 0 fully saturated rings. The molecule has 7 aromatic carbocycles. The van der Waals surface area contributed by atoms with Gasteiger partial charge in [-0.1, -0.05) is 122 Å². The van der Waals surface area contributed by atoms with Crippen LogP contribution in [0.2, 0.25) is 13.1 Å². The Bertz CT molecular complexity index is 2650. The lowest BCUT2D eigenvalue weighted by Gasteiger charge is -2.49. The highest BCUT2D eigenvalue weighted by Crippen LogP contribution is 2.50. The topological polar surface area (TPSA) is 9.72 Å². The first kappa shape index (κ1) is 29.9. The zero-order chi connectivity index (χ0) is 34.6. The van der Waals surface area contributed by atoms with Crippen LogP contribution in [0.3, 0.4) is 0 Å². The van der Waals surface area contributed by atoms with Crippen molar-refractivity contribution in [2.45, 2.75) is 13.1 Å². The molecule has 0 aliphatic carbocycles. The van der Waals surface area contributed by atoms with Crippen molar-refractivity contribution in [2.24, 2.45) is 0 Å². The molecule has 0 bridgehead atoms. The Morgan fingerprint density at radius 1 is 0.519 bits per heavy atom. The number of para-hydroxylation sites is 5. The van der Waals surface area contributed by atoms with Crippen LogP contribution in [0.15, 0.2) is 170 Å². The molecule has 1 aromatic heterocycles. The maximum absolute atomic E-state index is 2.63. The van der Waals surface area contributed by atoms with Gasteiger partial charge in [-0.25, -0.2) is 0 Å². The van der Waals surface area contributed by atoms with Crippen molar-refractivity contribution in [2.75, 3.05) is 14.7 Å². The molecule has 11 rings (SSSR count). The third kappa shape index (κ3) is 4.08. The number of hydrogen-bond donors (Lipinski definition) is 0. The van der Waals surface area contributed by atoms with E-state index in [9.17, 15) is 0 Å². The molecule has 3 nitrogen and oxygen atoms in total. The molecule has 0 radical (unpaired) electrons. The lowest BCUT2D eigenvalue weighted by molar-refractivity contribution is 1.23. The van der Waals surface area contributed by atoms with Crippen molar-refractivity contribution in [1.82, 2.24) is 0 Å². The molecule has 0 saturated heterocycles. The van der Waals surface area contributed by atoms with Crippen molar-refractivity contribution in [1.29, 1.82) is 0 Å². The summed E-state index contributed by atoms with van der Waals surface area (Å²) in [5.41, 5.74) is 13.8. The molecule has 0 saturated carbocycles. The standard InChI is InChI=1S/C46H34BN3SSi/c1-52(2)41-27-15-13-25-37(41)50-39-30-34(48(31-17-6-3-7-18-31)32-19-8-4-9-20-32)29-38-43(39)47(36-24-16-28-42(52)45(36)50)46-44(35-23-12-14-26-40(35)51-46)49(38)33-21-10-5-11-22-33/h3-30H,1-2H3. The van der Waals surface area contributed by atoms with Gasteiger partial charge in [-0.05, 0) is 82.0 Å². The fraction of sp³-hybridized carbons (Fsp3) is 0.0435. The van der Waals surface area contributed by atoms with Gasteiger partial charge >= 0.3 is 0 Å². The Morgan fingerprint density at radius 2 is 1.12 bits per heavy atom. The molecule has 0 spiro atoms. The number of rotatable bonds is 4. The van der Waals surface area contributed by atoms with Crippen LogP contribution in [-0.4, -0.2) is 14.8 Å². The highest BCUT2D eigenvalue weighted by Gasteiger charge is 2.50. The molecule has 3 aliphatic heterocycles. The van der Waals surface area contributed by atoms with Gasteiger partial charge in [0.25, 0.3) is 6.71 Å². The zero-order valence-corrected chi connectivity index (χ0v) is 30.8. The van der Waals surface area contributed by atoms with Crippen LogP contribution in [-0.2, 0) is 0 Å². The summed E-state index contributed by atoms with van der Waals surface area (Å²) in [4.78, 5) is 7.61. The Kier molecular flexibility index (Phi) is 6.37. The third-order valence-electron chi connectivity index (χ3n) is 11.4. The second-order valence-corrected chi connectivity index (χ2v) is 20.0. The average Bonchev–Trinajstić information content (AvgIpc) is 3.58. The molecule has 0 unspecified atom stereocenters. The van der Waals surface area contributed by atoms with Crippen LogP contribution < -0.4 is 40.8 Å². The summed E-state index contributed by atoms with van der Waals surface area (Å²) in [6, 6.07) is 62.9. The highest BCUT2D eigenvalue weighted by atomic mass is 32.1. The number of benzene rings is 7. The van der Waals surface area contributed by atoms with E-state index in [2.05, 4.69) is 198 Å². The van der Waals surface area contributed by atoms with E-state index in [1.165, 1.54) is 70.3 Å². The summed E-state index contributed by atoms with van der Waals surface area (Å²) in [6.45, 7) is 5.17. The Morgan fingerprint density at radius 3 is 1.85 bits per heavy atom. The SMILES string of the molecule is C[Si]1(C)c2ccccc2N2c3cc(N(c4ccccc4)c4ccccc4)cc4c3B(c3cccc1c32)c1sc2ccccc2c1N4c1ccccc1. The molecule has 0 N–H and O–H groups in total. The predicted molar refractivity (Wildman–Crippen MR) is 227 cm³/mol. The van der Waals surface area contributed by atoms with Gasteiger partial charge in [0.05, 0.1) is 11.4 Å². The summed E-state index contributed by atoms with van der Waals surface area (Å²) in [5, 5.41) is 4.30. The normalized spacial score (nSPS) is 14.4. The fourth-order valence-electron chi connectivity index (χ4n) is 9.14. The van der Waals surface area contributed by atoms with Gasteiger partial charge in [0.2, 0.25) is 0 Å². The van der Waals surface area contributed by atoms with Gasteiger partial charge in [-0.2, -0.15) is 0 Å². The monoisotopic (exact) mass is 699 g/mol. The maximum Gasteiger partial charge on any atom is 0.264 e. The molecule has 0 amide bonds.